The highest BCUT2D eigenvalue weighted by Crippen LogP contribution is 2.13. The third-order valence-electron chi connectivity index (χ3n) is 3.32. The average Bonchev–Trinajstić information content (AvgIpc) is 2.59. The smallest absolute Gasteiger partial charge is 0.336 e. The van der Waals surface area contributed by atoms with E-state index in [-0.39, 0.29) is 28.8 Å². The normalized spacial score (nSPS) is 9.79. The summed E-state index contributed by atoms with van der Waals surface area (Å²) in [5.74, 6) is -2.97. The van der Waals surface area contributed by atoms with Crippen molar-refractivity contribution in [2.24, 2.45) is 0 Å². The van der Waals surface area contributed by atoms with Crippen LogP contribution in [-0.4, -0.2) is 28.1 Å². The first-order chi connectivity index (χ1) is 11.4. The summed E-state index contributed by atoms with van der Waals surface area (Å²) in [5, 5.41) is 29.6. The molecular weight excluding hydrogens is 312 g/mol. The van der Waals surface area contributed by atoms with Gasteiger partial charge in [-0.1, -0.05) is 18.2 Å². The minimum Gasteiger partial charge on any atom is -0.478 e. The Bertz CT molecular complexity index is 868. The molecule has 2 aromatic carbocycles. The molecule has 0 heterocycles. The molecule has 3 N–H and O–H groups in total. The van der Waals surface area contributed by atoms with Crippen molar-refractivity contribution >= 4 is 17.8 Å². The van der Waals surface area contributed by atoms with Crippen molar-refractivity contribution in [1.82, 2.24) is 5.32 Å². The molecular formula is C17H12N2O5. The van der Waals surface area contributed by atoms with Gasteiger partial charge in [0.1, 0.15) is 0 Å². The fourth-order valence-corrected chi connectivity index (χ4v) is 2.11. The number of benzene rings is 2. The van der Waals surface area contributed by atoms with Crippen molar-refractivity contribution in [3.63, 3.8) is 0 Å². The monoisotopic (exact) mass is 324 g/mol. The quantitative estimate of drug-likeness (QED) is 0.770. The van der Waals surface area contributed by atoms with Crippen molar-refractivity contribution < 1.29 is 24.6 Å². The highest BCUT2D eigenvalue weighted by atomic mass is 16.4. The van der Waals surface area contributed by atoms with Gasteiger partial charge < -0.3 is 15.5 Å². The Labute approximate surface area is 136 Å². The van der Waals surface area contributed by atoms with E-state index in [0.29, 0.717) is 5.56 Å². The molecule has 0 saturated heterocycles. The minimum atomic E-state index is -1.22. The van der Waals surface area contributed by atoms with Gasteiger partial charge in [-0.25, -0.2) is 9.59 Å². The van der Waals surface area contributed by atoms with Gasteiger partial charge in [-0.3, -0.25) is 4.79 Å². The van der Waals surface area contributed by atoms with Crippen LogP contribution >= 0.6 is 0 Å². The summed E-state index contributed by atoms with van der Waals surface area (Å²) in [6, 6.07) is 11.6. The molecule has 7 nitrogen and oxygen atoms in total. The Morgan fingerprint density at radius 3 is 2.25 bits per heavy atom. The van der Waals surface area contributed by atoms with Crippen LogP contribution in [0.1, 0.15) is 42.2 Å². The van der Waals surface area contributed by atoms with Gasteiger partial charge in [0.2, 0.25) is 0 Å². The standard InChI is InChI=1S/C17H12N2O5/c18-8-12-7-10(16(21)22)5-6-11(12)9-19-15(20)13-3-1-2-4-14(13)17(23)24/h1-7H,9H2,(H,19,20)(H,21,22)(H,23,24). The number of amides is 1. The molecule has 0 aromatic heterocycles. The Morgan fingerprint density at radius 1 is 1.00 bits per heavy atom. The van der Waals surface area contributed by atoms with Gasteiger partial charge in [0.15, 0.2) is 0 Å². The number of nitriles is 1. The van der Waals surface area contributed by atoms with E-state index < -0.39 is 17.8 Å². The second-order valence-corrected chi connectivity index (χ2v) is 4.82. The molecule has 7 heteroatoms. The van der Waals surface area contributed by atoms with Crippen molar-refractivity contribution in [3.8, 4) is 6.07 Å². The van der Waals surface area contributed by atoms with Crippen molar-refractivity contribution in [2.45, 2.75) is 6.54 Å². The molecule has 2 rings (SSSR count). The van der Waals surface area contributed by atoms with Gasteiger partial charge in [0, 0.05) is 6.54 Å². The van der Waals surface area contributed by atoms with E-state index in [1.165, 1.54) is 36.4 Å². The van der Waals surface area contributed by atoms with E-state index in [2.05, 4.69) is 5.32 Å². The zero-order valence-electron chi connectivity index (χ0n) is 12.3. The summed E-state index contributed by atoms with van der Waals surface area (Å²) in [6.07, 6.45) is 0. The van der Waals surface area contributed by atoms with Crippen LogP contribution in [0, 0.1) is 11.3 Å². The molecule has 0 spiro atoms. The summed E-state index contributed by atoms with van der Waals surface area (Å²) in [7, 11) is 0. The minimum absolute atomic E-state index is 0.00524. The predicted octanol–water partition coefficient (Wildman–Crippen LogP) is 1.88. The van der Waals surface area contributed by atoms with E-state index >= 15 is 0 Å². The molecule has 0 saturated carbocycles. The van der Waals surface area contributed by atoms with Crippen molar-refractivity contribution in [1.29, 1.82) is 5.26 Å². The number of aromatic carboxylic acids is 2. The van der Waals surface area contributed by atoms with E-state index in [1.807, 2.05) is 6.07 Å². The van der Waals surface area contributed by atoms with Crippen LogP contribution in [0.2, 0.25) is 0 Å². The predicted molar refractivity (Wildman–Crippen MR) is 82.7 cm³/mol. The lowest BCUT2D eigenvalue weighted by Crippen LogP contribution is -2.25. The van der Waals surface area contributed by atoms with Crippen LogP contribution in [0.5, 0.6) is 0 Å². The molecule has 0 radical (unpaired) electrons. The number of nitrogens with zero attached hydrogens (tertiary/aromatic N) is 1. The summed E-state index contributed by atoms with van der Waals surface area (Å²) in [6.45, 7) is -0.0322. The molecule has 0 atom stereocenters. The third-order valence-corrected chi connectivity index (χ3v) is 3.32. The van der Waals surface area contributed by atoms with Gasteiger partial charge in [-0.05, 0) is 29.8 Å². The summed E-state index contributed by atoms with van der Waals surface area (Å²) in [5.41, 5.74) is 0.408. The Balaban J connectivity index is 2.20. The van der Waals surface area contributed by atoms with Gasteiger partial charge in [0.05, 0.1) is 28.3 Å². The summed E-state index contributed by atoms with van der Waals surface area (Å²) >= 11 is 0. The van der Waals surface area contributed by atoms with Crippen LogP contribution < -0.4 is 5.32 Å². The second-order valence-electron chi connectivity index (χ2n) is 4.82. The number of carboxylic acid groups (broad SMARTS) is 2. The van der Waals surface area contributed by atoms with Gasteiger partial charge in [-0.15, -0.1) is 0 Å². The molecule has 0 aliphatic heterocycles. The number of carbonyl (C=O) groups excluding carboxylic acids is 1. The first-order valence-corrected chi connectivity index (χ1v) is 6.81. The Hall–Kier alpha value is -3.66. The first-order valence-electron chi connectivity index (χ1n) is 6.81. The van der Waals surface area contributed by atoms with Crippen LogP contribution in [0.3, 0.4) is 0 Å². The lowest BCUT2D eigenvalue weighted by atomic mass is 10.0. The van der Waals surface area contributed by atoms with Crippen LogP contribution in [0.4, 0.5) is 0 Å². The number of nitrogens with one attached hydrogen (secondary N) is 1. The molecule has 24 heavy (non-hydrogen) atoms. The SMILES string of the molecule is N#Cc1cc(C(=O)O)ccc1CNC(=O)c1ccccc1C(=O)O. The number of hydrogen-bond acceptors (Lipinski definition) is 4. The zero-order chi connectivity index (χ0) is 17.7. The van der Waals surface area contributed by atoms with Gasteiger partial charge >= 0.3 is 11.9 Å². The second kappa shape index (κ2) is 7.07. The molecule has 0 unspecified atom stereocenters. The molecule has 0 aliphatic rings. The average molecular weight is 324 g/mol. The van der Waals surface area contributed by atoms with Crippen LogP contribution in [0.25, 0.3) is 0 Å². The van der Waals surface area contributed by atoms with Crippen molar-refractivity contribution in [3.05, 3.63) is 70.3 Å². The molecule has 0 fully saturated rings. The van der Waals surface area contributed by atoms with Gasteiger partial charge in [0.25, 0.3) is 5.91 Å². The van der Waals surface area contributed by atoms with E-state index in [0.717, 1.165) is 0 Å². The molecule has 120 valence electrons. The highest BCUT2D eigenvalue weighted by Gasteiger charge is 2.16. The third kappa shape index (κ3) is 3.56. The maximum Gasteiger partial charge on any atom is 0.336 e. The molecule has 0 aliphatic carbocycles. The zero-order valence-corrected chi connectivity index (χ0v) is 12.3. The number of carboxylic acids is 2. The van der Waals surface area contributed by atoms with Crippen molar-refractivity contribution in [2.75, 3.05) is 0 Å². The fraction of sp³-hybridized carbons (Fsp3) is 0.0588. The van der Waals surface area contributed by atoms with E-state index in [1.54, 1.807) is 6.07 Å². The van der Waals surface area contributed by atoms with E-state index in [4.69, 9.17) is 15.5 Å². The first kappa shape index (κ1) is 16.7. The Kier molecular flexibility index (Phi) is 4.92. The number of carbonyl (C=O) groups is 3. The van der Waals surface area contributed by atoms with E-state index in [9.17, 15) is 14.4 Å². The summed E-state index contributed by atoms with van der Waals surface area (Å²) < 4.78 is 0. The summed E-state index contributed by atoms with van der Waals surface area (Å²) in [4.78, 5) is 34.2. The Morgan fingerprint density at radius 2 is 1.67 bits per heavy atom. The number of hydrogen-bond donors (Lipinski definition) is 3. The lowest BCUT2D eigenvalue weighted by Gasteiger charge is -2.09. The highest BCUT2D eigenvalue weighted by molar-refractivity contribution is 6.04. The largest absolute Gasteiger partial charge is 0.478 e. The topological polar surface area (TPSA) is 127 Å². The molecule has 0 bridgehead atoms. The van der Waals surface area contributed by atoms with Crippen LogP contribution in [0.15, 0.2) is 42.5 Å². The maximum atomic E-state index is 12.2. The maximum absolute atomic E-state index is 12.2. The number of rotatable bonds is 5. The lowest BCUT2D eigenvalue weighted by molar-refractivity contribution is 0.0684. The van der Waals surface area contributed by atoms with Gasteiger partial charge in [-0.2, -0.15) is 5.26 Å². The molecule has 2 aromatic rings. The van der Waals surface area contributed by atoms with Crippen LogP contribution in [-0.2, 0) is 6.54 Å². The fourth-order valence-electron chi connectivity index (χ4n) is 2.11. The molecule has 1 amide bonds.